The van der Waals surface area contributed by atoms with Crippen LogP contribution in [-0.4, -0.2) is 15.9 Å². The number of hydrogen-bond acceptors (Lipinski definition) is 3. The summed E-state index contributed by atoms with van der Waals surface area (Å²) in [6.45, 7) is 1.90. The fourth-order valence-corrected chi connectivity index (χ4v) is 3.26. The van der Waals surface area contributed by atoms with Crippen molar-refractivity contribution in [1.29, 1.82) is 0 Å². The highest BCUT2D eigenvalue weighted by atomic mass is 19.4. The second kappa shape index (κ2) is 7.25. The van der Waals surface area contributed by atoms with Crippen molar-refractivity contribution >= 4 is 11.0 Å². The summed E-state index contributed by atoms with van der Waals surface area (Å²) in [5, 5.41) is 0. The third-order valence-corrected chi connectivity index (χ3v) is 4.65. The fourth-order valence-electron chi connectivity index (χ4n) is 3.26. The number of nitrogens with two attached hydrogens (primary N) is 1. The number of hydrogen-bond donors (Lipinski definition) is 1. The van der Waals surface area contributed by atoms with E-state index < -0.39 is 6.36 Å². The number of imidazole rings is 1. The van der Waals surface area contributed by atoms with Crippen molar-refractivity contribution in [2.75, 3.05) is 0 Å². The van der Waals surface area contributed by atoms with Gasteiger partial charge in [0.2, 0.25) is 0 Å². The van der Waals surface area contributed by atoms with E-state index in [2.05, 4.69) is 9.72 Å². The molecule has 4 aromatic rings. The molecule has 2 N–H and O–H groups in total. The molecular formula is C22H18F3N3O. The molecule has 0 saturated carbocycles. The van der Waals surface area contributed by atoms with E-state index in [0.717, 1.165) is 22.3 Å². The molecule has 148 valence electrons. The van der Waals surface area contributed by atoms with Crippen LogP contribution in [-0.2, 0) is 0 Å². The molecule has 29 heavy (non-hydrogen) atoms. The molecule has 1 aromatic heterocycles. The van der Waals surface area contributed by atoms with Crippen molar-refractivity contribution in [3.63, 3.8) is 0 Å². The molecule has 0 aliphatic carbocycles. The number of halogens is 3. The summed E-state index contributed by atoms with van der Waals surface area (Å²) in [6, 6.07) is 19.0. The van der Waals surface area contributed by atoms with Crippen LogP contribution in [0.4, 0.5) is 13.2 Å². The summed E-state index contributed by atoms with van der Waals surface area (Å²) in [5.41, 5.74) is 10.3. The molecule has 0 spiro atoms. The van der Waals surface area contributed by atoms with Crippen molar-refractivity contribution < 1.29 is 17.9 Å². The molecule has 3 aromatic carbocycles. The minimum absolute atomic E-state index is 0.0991. The Balaban J connectivity index is 1.77. The molecule has 1 atom stereocenters. The van der Waals surface area contributed by atoms with Crippen molar-refractivity contribution in [3.05, 3.63) is 78.6 Å². The van der Waals surface area contributed by atoms with Crippen LogP contribution < -0.4 is 10.5 Å². The SMILES string of the molecule is CC(N)c1ccc2c(c1)ncn2-c1cccc(-c2ccccc2OC(F)(F)F)c1. The van der Waals surface area contributed by atoms with Gasteiger partial charge in [0.1, 0.15) is 12.1 Å². The zero-order chi connectivity index (χ0) is 20.6. The number of para-hydroxylation sites is 1. The Bertz CT molecular complexity index is 1170. The van der Waals surface area contributed by atoms with Crippen molar-refractivity contribution in [1.82, 2.24) is 9.55 Å². The first-order valence-electron chi connectivity index (χ1n) is 9.00. The van der Waals surface area contributed by atoms with Gasteiger partial charge >= 0.3 is 6.36 Å². The standard InChI is InChI=1S/C22H18F3N3O/c1-14(26)15-9-10-20-19(12-15)27-13-28(20)17-6-4-5-16(11-17)18-7-2-3-8-21(18)29-22(23,24)25/h2-14H,26H2,1H3. The van der Waals surface area contributed by atoms with Gasteiger partial charge in [-0.1, -0.05) is 36.4 Å². The van der Waals surface area contributed by atoms with Crippen molar-refractivity contribution in [2.45, 2.75) is 19.3 Å². The van der Waals surface area contributed by atoms with Gasteiger partial charge in [0.25, 0.3) is 0 Å². The van der Waals surface area contributed by atoms with Gasteiger partial charge < -0.3 is 10.5 Å². The molecule has 1 unspecified atom stereocenters. The summed E-state index contributed by atoms with van der Waals surface area (Å²) in [5.74, 6) is -0.241. The van der Waals surface area contributed by atoms with Crippen LogP contribution in [0.15, 0.2) is 73.1 Å². The van der Waals surface area contributed by atoms with Crippen LogP contribution >= 0.6 is 0 Å². The largest absolute Gasteiger partial charge is 0.573 e. The third-order valence-electron chi connectivity index (χ3n) is 4.65. The second-order valence-electron chi connectivity index (χ2n) is 6.75. The van der Waals surface area contributed by atoms with Crippen LogP contribution in [0, 0.1) is 0 Å². The van der Waals surface area contributed by atoms with E-state index in [1.807, 2.05) is 35.8 Å². The second-order valence-corrected chi connectivity index (χ2v) is 6.75. The average Bonchev–Trinajstić information content (AvgIpc) is 3.10. The Labute approximate surface area is 165 Å². The van der Waals surface area contributed by atoms with Gasteiger partial charge in [-0.05, 0) is 48.4 Å². The molecule has 4 rings (SSSR count). The van der Waals surface area contributed by atoms with E-state index in [1.54, 1.807) is 36.7 Å². The quantitative estimate of drug-likeness (QED) is 0.487. The van der Waals surface area contributed by atoms with Gasteiger partial charge in [-0.2, -0.15) is 0 Å². The Morgan fingerprint density at radius 3 is 2.55 bits per heavy atom. The van der Waals surface area contributed by atoms with E-state index in [-0.39, 0.29) is 11.8 Å². The van der Waals surface area contributed by atoms with E-state index >= 15 is 0 Å². The third kappa shape index (κ3) is 3.95. The molecule has 0 fully saturated rings. The number of nitrogens with zero attached hydrogens (tertiary/aromatic N) is 2. The highest BCUT2D eigenvalue weighted by Gasteiger charge is 2.32. The first kappa shape index (κ1) is 19.0. The lowest BCUT2D eigenvalue weighted by Crippen LogP contribution is -2.17. The minimum Gasteiger partial charge on any atom is -0.405 e. The first-order chi connectivity index (χ1) is 13.8. The molecule has 0 aliphatic heterocycles. The molecule has 0 bridgehead atoms. The number of rotatable bonds is 4. The van der Waals surface area contributed by atoms with Gasteiger partial charge in [-0.25, -0.2) is 4.98 Å². The molecule has 0 amide bonds. The summed E-state index contributed by atoms with van der Waals surface area (Å²) in [4.78, 5) is 4.44. The topological polar surface area (TPSA) is 53.1 Å². The molecular weight excluding hydrogens is 379 g/mol. The summed E-state index contributed by atoms with van der Waals surface area (Å²) >= 11 is 0. The summed E-state index contributed by atoms with van der Waals surface area (Å²) in [6.07, 6.45) is -3.07. The maximum absolute atomic E-state index is 12.8. The number of fused-ring (bicyclic) bond motifs is 1. The Morgan fingerprint density at radius 1 is 1.00 bits per heavy atom. The first-order valence-corrected chi connectivity index (χ1v) is 9.00. The van der Waals surface area contributed by atoms with Crippen molar-refractivity contribution in [3.8, 4) is 22.6 Å². The van der Waals surface area contributed by atoms with Crippen LogP contribution in [0.1, 0.15) is 18.5 Å². The van der Waals surface area contributed by atoms with Gasteiger partial charge in [-0.3, -0.25) is 4.57 Å². The number of ether oxygens (including phenoxy) is 1. The normalized spacial score (nSPS) is 12.9. The minimum atomic E-state index is -4.76. The van der Waals surface area contributed by atoms with Crippen LogP contribution in [0.5, 0.6) is 5.75 Å². The lowest BCUT2D eigenvalue weighted by atomic mass is 10.0. The molecule has 4 nitrogen and oxygen atoms in total. The lowest BCUT2D eigenvalue weighted by Gasteiger charge is -2.14. The molecule has 0 aliphatic rings. The van der Waals surface area contributed by atoms with E-state index in [1.165, 1.54) is 12.1 Å². The summed E-state index contributed by atoms with van der Waals surface area (Å²) in [7, 11) is 0. The Kier molecular flexibility index (Phi) is 4.76. The maximum atomic E-state index is 12.8. The Hall–Kier alpha value is -3.32. The van der Waals surface area contributed by atoms with Crippen LogP contribution in [0.3, 0.4) is 0 Å². The van der Waals surface area contributed by atoms with Gasteiger partial charge in [0.15, 0.2) is 0 Å². The molecule has 0 saturated heterocycles. The molecule has 1 heterocycles. The predicted octanol–water partition coefficient (Wildman–Crippen LogP) is 5.61. The predicted molar refractivity (Wildman–Crippen MR) is 106 cm³/mol. The fraction of sp³-hybridized carbons (Fsp3) is 0.136. The summed E-state index contributed by atoms with van der Waals surface area (Å²) < 4.78 is 44.4. The lowest BCUT2D eigenvalue weighted by molar-refractivity contribution is -0.274. The highest BCUT2D eigenvalue weighted by Crippen LogP contribution is 2.34. The average molecular weight is 397 g/mol. The highest BCUT2D eigenvalue weighted by molar-refractivity contribution is 5.79. The monoisotopic (exact) mass is 397 g/mol. The Morgan fingerprint density at radius 2 is 1.79 bits per heavy atom. The maximum Gasteiger partial charge on any atom is 0.573 e. The van der Waals surface area contributed by atoms with E-state index in [4.69, 9.17) is 5.73 Å². The van der Waals surface area contributed by atoms with Gasteiger partial charge in [-0.15, -0.1) is 13.2 Å². The number of alkyl halides is 3. The van der Waals surface area contributed by atoms with Gasteiger partial charge in [0, 0.05) is 17.3 Å². The molecule has 0 radical (unpaired) electrons. The van der Waals surface area contributed by atoms with E-state index in [0.29, 0.717) is 11.1 Å². The zero-order valence-electron chi connectivity index (χ0n) is 15.5. The smallest absolute Gasteiger partial charge is 0.405 e. The number of aromatic nitrogens is 2. The molecule has 7 heteroatoms. The van der Waals surface area contributed by atoms with E-state index in [9.17, 15) is 13.2 Å². The zero-order valence-corrected chi connectivity index (χ0v) is 15.5. The number of benzene rings is 3. The van der Waals surface area contributed by atoms with Crippen molar-refractivity contribution in [2.24, 2.45) is 5.73 Å². The van der Waals surface area contributed by atoms with Gasteiger partial charge in [0.05, 0.1) is 11.0 Å². The van der Waals surface area contributed by atoms with Crippen LogP contribution in [0.25, 0.3) is 27.8 Å². The van der Waals surface area contributed by atoms with Crippen LogP contribution in [0.2, 0.25) is 0 Å².